The molecule has 1 aliphatic heterocycles. The van der Waals surface area contributed by atoms with Gasteiger partial charge in [0.1, 0.15) is 0 Å². The minimum Gasteiger partial charge on any atom is -0.388 e. The number of anilines is 1. The van der Waals surface area contributed by atoms with Crippen molar-refractivity contribution in [2.24, 2.45) is 0 Å². The van der Waals surface area contributed by atoms with Crippen LogP contribution in [0.3, 0.4) is 0 Å². The minimum atomic E-state index is -0.551. The molecule has 1 saturated heterocycles. The lowest BCUT2D eigenvalue weighted by Gasteiger charge is -2.27. The maximum atomic E-state index is 12.7. The van der Waals surface area contributed by atoms with Gasteiger partial charge in [-0.25, -0.2) is 4.79 Å². The molecule has 5 heteroatoms. The van der Waals surface area contributed by atoms with Crippen LogP contribution in [-0.4, -0.2) is 33.6 Å². The number of aliphatic hydroxyl groups excluding tert-OH is 1. The molecular formula is C20H25N3O2. The molecule has 2 heterocycles. The summed E-state index contributed by atoms with van der Waals surface area (Å²) >= 11 is 0. The summed E-state index contributed by atoms with van der Waals surface area (Å²) in [7, 11) is 0. The van der Waals surface area contributed by atoms with Gasteiger partial charge < -0.3 is 15.3 Å². The van der Waals surface area contributed by atoms with Crippen molar-refractivity contribution in [2.75, 3.05) is 11.9 Å². The van der Waals surface area contributed by atoms with Crippen LogP contribution < -0.4 is 5.32 Å². The van der Waals surface area contributed by atoms with Crippen LogP contribution in [0.2, 0.25) is 0 Å². The van der Waals surface area contributed by atoms with Crippen molar-refractivity contribution < 1.29 is 9.90 Å². The Morgan fingerprint density at radius 2 is 2.12 bits per heavy atom. The van der Waals surface area contributed by atoms with Gasteiger partial charge in [-0.05, 0) is 50.3 Å². The summed E-state index contributed by atoms with van der Waals surface area (Å²) in [5, 5.41) is 13.5. The number of aliphatic hydroxyl groups is 1. The van der Waals surface area contributed by atoms with Gasteiger partial charge in [0.05, 0.1) is 6.10 Å². The molecule has 2 amide bonds. The number of aromatic nitrogens is 1. The zero-order valence-electron chi connectivity index (χ0n) is 14.8. The van der Waals surface area contributed by atoms with E-state index >= 15 is 0 Å². The summed E-state index contributed by atoms with van der Waals surface area (Å²) in [6.07, 6.45) is 3.67. The van der Waals surface area contributed by atoms with Crippen LogP contribution in [0.15, 0.2) is 42.6 Å². The monoisotopic (exact) mass is 339 g/mol. The van der Waals surface area contributed by atoms with Gasteiger partial charge in [-0.3, -0.25) is 4.98 Å². The van der Waals surface area contributed by atoms with Gasteiger partial charge in [-0.15, -0.1) is 0 Å². The van der Waals surface area contributed by atoms with Crippen LogP contribution >= 0.6 is 0 Å². The Labute approximate surface area is 148 Å². The largest absolute Gasteiger partial charge is 0.388 e. The van der Waals surface area contributed by atoms with E-state index in [2.05, 4.69) is 10.3 Å². The quantitative estimate of drug-likeness (QED) is 0.890. The molecule has 0 bridgehead atoms. The smallest absolute Gasteiger partial charge is 0.322 e. The van der Waals surface area contributed by atoms with E-state index in [1.165, 1.54) is 0 Å². The molecule has 5 nitrogen and oxygen atoms in total. The number of aryl methyl sites for hydroxylation is 2. The lowest BCUT2D eigenvalue weighted by atomic mass is 10.0. The number of urea groups is 1. The molecule has 0 saturated carbocycles. The highest BCUT2D eigenvalue weighted by Gasteiger charge is 2.31. The molecule has 132 valence electrons. The van der Waals surface area contributed by atoms with Crippen molar-refractivity contribution in [2.45, 2.75) is 45.3 Å². The second-order valence-corrected chi connectivity index (χ2v) is 6.72. The molecule has 2 atom stereocenters. The van der Waals surface area contributed by atoms with Crippen molar-refractivity contribution in [1.82, 2.24) is 9.88 Å². The fourth-order valence-electron chi connectivity index (χ4n) is 3.37. The summed E-state index contributed by atoms with van der Waals surface area (Å²) in [5.74, 6) is 0. The Morgan fingerprint density at radius 1 is 1.36 bits per heavy atom. The summed E-state index contributed by atoms with van der Waals surface area (Å²) in [6.45, 7) is 4.56. The highest BCUT2D eigenvalue weighted by molar-refractivity contribution is 5.90. The van der Waals surface area contributed by atoms with E-state index in [-0.39, 0.29) is 12.1 Å². The molecule has 1 aromatic heterocycles. The van der Waals surface area contributed by atoms with Crippen molar-refractivity contribution in [3.8, 4) is 0 Å². The van der Waals surface area contributed by atoms with Crippen LogP contribution in [0.5, 0.6) is 0 Å². The lowest BCUT2D eigenvalue weighted by Crippen LogP contribution is -2.39. The average molecular weight is 339 g/mol. The first kappa shape index (κ1) is 17.4. The standard InChI is InChI=1S/C20H25N3O2/c1-14-13-21-15(2)11-18(14)22-20(25)23-10-6-9-17(23)12-19(24)16-7-4-3-5-8-16/h3-5,7-8,11,13,17,19,24H,6,9-10,12H2,1-2H3,(H,21,22,25). The number of nitrogens with one attached hydrogen (secondary N) is 1. The fourth-order valence-corrected chi connectivity index (χ4v) is 3.37. The van der Waals surface area contributed by atoms with Gasteiger partial charge in [-0.2, -0.15) is 0 Å². The molecule has 0 aliphatic carbocycles. The van der Waals surface area contributed by atoms with Crippen molar-refractivity contribution in [1.29, 1.82) is 0 Å². The Morgan fingerprint density at radius 3 is 2.88 bits per heavy atom. The summed E-state index contributed by atoms with van der Waals surface area (Å²) in [4.78, 5) is 18.8. The number of pyridine rings is 1. The Balaban J connectivity index is 1.66. The van der Waals surface area contributed by atoms with E-state index in [0.29, 0.717) is 6.42 Å². The third-order valence-electron chi connectivity index (χ3n) is 4.80. The van der Waals surface area contributed by atoms with Crippen molar-refractivity contribution in [3.05, 3.63) is 59.4 Å². The molecular weight excluding hydrogens is 314 g/mol. The molecule has 1 aliphatic rings. The Kier molecular flexibility index (Phi) is 5.34. The number of benzene rings is 1. The third-order valence-corrected chi connectivity index (χ3v) is 4.80. The molecule has 2 aromatic rings. The zero-order chi connectivity index (χ0) is 17.8. The highest BCUT2D eigenvalue weighted by Crippen LogP contribution is 2.28. The van der Waals surface area contributed by atoms with Gasteiger partial charge in [0, 0.05) is 30.2 Å². The Hall–Kier alpha value is -2.40. The Bertz CT molecular complexity index is 733. The molecule has 2 N–H and O–H groups in total. The van der Waals surface area contributed by atoms with Gasteiger partial charge in [0.15, 0.2) is 0 Å². The first-order chi connectivity index (χ1) is 12.0. The van der Waals surface area contributed by atoms with Gasteiger partial charge in [-0.1, -0.05) is 30.3 Å². The molecule has 0 spiro atoms. The maximum absolute atomic E-state index is 12.7. The summed E-state index contributed by atoms with van der Waals surface area (Å²) in [5.41, 5.74) is 3.51. The van der Waals surface area contributed by atoms with E-state index in [0.717, 1.165) is 41.9 Å². The molecule has 25 heavy (non-hydrogen) atoms. The van der Waals surface area contributed by atoms with E-state index in [1.807, 2.05) is 55.1 Å². The maximum Gasteiger partial charge on any atom is 0.322 e. The van der Waals surface area contributed by atoms with Crippen LogP contribution in [0.4, 0.5) is 10.5 Å². The number of carbonyl (C=O) groups excluding carboxylic acids is 1. The first-order valence-corrected chi connectivity index (χ1v) is 8.78. The van der Waals surface area contributed by atoms with Gasteiger partial charge >= 0.3 is 6.03 Å². The number of hydrogen-bond acceptors (Lipinski definition) is 3. The normalized spacial score (nSPS) is 18.2. The van der Waals surface area contributed by atoms with Gasteiger partial charge in [0.25, 0.3) is 0 Å². The number of nitrogens with zero attached hydrogens (tertiary/aromatic N) is 2. The van der Waals surface area contributed by atoms with Crippen molar-refractivity contribution >= 4 is 11.7 Å². The SMILES string of the molecule is Cc1cc(NC(=O)N2CCCC2CC(O)c2ccccc2)c(C)cn1. The number of hydrogen-bond donors (Lipinski definition) is 2. The molecule has 2 unspecified atom stereocenters. The average Bonchev–Trinajstić information content (AvgIpc) is 3.07. The second-order valence-electron chi connectivity index (χ2n) is 6.72. The number of carbonyl (C=O) groups is 1. The summed E-state index contributed by atoms with van der Waals surface area (Å²) in [6, 6.07) is 11.5. The van der Waals surface area contributed by atoms with Crippen LogP contribution in [-0.2, 0) is 0 Å². The van der Waals surface area contributed by atoms with Gasteiger partial charge in [0.2, 0.25) is 0 Å². The van der Waals surface area contributed by atoms with E-state index < -0.39 is 6.10 Å². The van der Waals surface area contributed by atoms with Crippen LogP contribution in [0.25, 0.3) is 0 Å². The fraction of sp³-hybridized carbons (Fsp3) is 0.400. The number of amides is 2. The molecule has 3 rings (SSSR count). The van der Waals surface area contributed by atoms with Crippen molar-refractivity contribution in [3.63, 3.8) is 0 Å². The number of rotatable bonds is 4. The first-order valence-electron chi connectivity index (χ1n) is 8.78. The summed E-state index contributed by atoms with van der Waals surface area (Å²) < 4.78 is 0. The van der Waals surface area contributed by atoms with Crippen LogP contribution in [0.1, 0.15) is 42.2 Å². The van der Waals surface area contributed by atoms with E-state index in [9.17, 15) is 9.90 Å². The predicted octanol–water partition coefficient (Wildman–Crippen LogP) is 3.82. The number of likely N-dealkylation sites (tertiary alicyclic amines) is 1. The van der Waals surface area contributed by atoms with E-state index in [1.54, 1.807) is 6.20 Å². The zero-order valence-corrected chi connectivity index (χ0v) is 14.8. The second kappa shape index (κ2) is 7.66. The topological polar surface area (TPSA) is 65.5 Å². The lowest BCUT2D eigenvalue weighted by molar-refractivity contribution is 0.130. The predicted molar refractivity (Wildman–Crippen MR) is 98.5 cm³/mol. The van der Waals surface area contributed by atoms with E-state index in [4.69, 9.17) is 0 Å². The third kappa shape index (κ3) is 4.17. The highest BCUT2D eigenvalue weighted by atomic mass is 16.3. The van der Waals surface area contributed by atoms with Crippen LogP contribution in [0, 0.1) is 13.8 Å². The minimum absolute atomic E-state index is 0.0541. The molecule has 1 aromatic carbocycles. The molecule has 1 fully saturated rings. The molecule has 0 radical (unpaired) electrons.